The van der Waals surface area contributed by atoms with E-state index >= 15 is 0 Å². The molecule has 1 aromatic rings. The lowest BCUT2D eigenvalue weighted by Crippen LogP contribution is -2.30. The largest absolute Gasteiger partial charge is 0.396 e. The average Bonchev–Trinajstić information content (AvgIpc) is 2.32. The number of carbonyl (C=O) groups is 2. The summed E-state index contributed by atoms with van der Waals surface area (Å²) in [6.45, 7) is 0.229. The fraction of sp³-hybridized carbons (Fsp3) is 0.333. The van der Waals surface area contributed by atoms with Crippen molar-refractivity contribution in [3.63, 3.8) is 0 Å². The van der Waals surface area contributed by atoms with Crippen LogP contribution in [-0.2, 0) is 4.79 Å². The van der Waals surface area contributed by atoms with Crippen LogP contribution in [0.2, 0.25) is 0 Å². The van der Waals surface area contributed by atoms with Crippen LogP contribution < -0.4 is 11.1 Å². The van der Waals surface area contributed by atoms with E-state index < -0.39 is 5.82 Å². The molecule has 0 radical (unpaired) electrons. The van der Waals surface area contributed by atoms with E-state index in [-0.39, 0.29) is 36.0 Å². The van der Waals surface area contributed by atoms with Gasteiger partial charge in [-0.25, -0.2) is 4.39 Å². The molecule has 6 heteroatoms. The van der Waals surface area contributed by atoms with Crippen molar-refractivity contribution in [2.45, 2.75) is 6.42 Å². The van der Waals surface area contributed by atoms with Crippen LogP contribution in [0.3, 0.4) is 0 Å². The van der Waals surface area contributed by atoms with E-state index in [1.165, 1.54) is 17.0 Å². The Morgan fingerprint density at radius 3 is 2.61 bits per heavy atom. The third-order valence-electron chi connectivity index (χ3n) is 2.38. The van der Waals surface area contributed by atoms with E-state index in [4.69, 9.17) is 5.73 Å². The number of nitrogens with one attached hydrogen (secondary N) is 1. The minimum Gasteiger partial charge on any atom is -0.396 e. The van der Waals surface area contributed by atoms with E-state index in [1.54, 1.807) is 14.1 Å². The summed E-state index contributed by atoms with van der Waals surface area (Å²) in [5.74, 6) is -1.02. The molecule has 3 N–H and O–H groups in total. The molecule has 0 aliphatic rings. The van der Waals surface area contributed by atoms with Gasteiger partial charge in [0.15, 0.2) is 0 Å². The molecule has 0 bridgehead atoms. The fourth-order valence-electron chi connectivity index (χ4n) is 1.29. The van der Waals surface area contributed by atoms with E-state index in [2.05, 4.69) is 5.32 Å². The molecule has 98 valence electrons. The quantitative estimate of drug-likeness (QED) is 0.772. The highest BCUT2D eigenvalue weighted by atomic mass is 19.1. The first-order valence-corrected chi connectivity index (χ1v) is 5.45. The Bertz CT molecular complexity index is 461. The van der Waals surface area contributed by atoms with Gasteiger partial charge in [0.25, 0.3) is 5.91 Å². The second kappa shape index (κ2) is 6.00. The molecule has 18 heavy (non-hydrogen) atoms. The van der Waals surface area contributed by atoms with Crippen LogP contribution in [0.25, 0.3) is 0 Å². The molecule has 1 aromatic carbocycles. The number of hydrogen-bond donors (Lipinski definition) is 2. The number of nitrogens with two attached hydrogens (primary N) is 1. The summed E-state index contributed by atoms with van der Waals surface area (Å²) in [5.41, 5.74) is 5.55. The van der Waals surface area contributed by atoms with Crippen LogP contribution in [0.15, 0.2) is 18.2 Å². The van der Waals surface area contributed by atoms with Gasteiger partial charge >= 0.3 is 0 Å². The van der Waals surface area contributed by atoms with Gasteiger partial charge in [0.1, 0.15) is 5.82 Å². The summed E-state index contributed by atoms with van der Waals surface area (Å²) in [6, 6.07) is 3.74. The maximum absolute atomic E-state index is 12.9. The summed E-state index contributed by atoms with van der Waals surface area (Å²) in [5, 5.41) is 2.57. The van der Waals surface area contributed by atoms with Crippen LogP contribution in [0.4, 0.5) is 10.1 Å². The van der Waals surface area contributed by atoms with Gasteiger partial charge in [0, 0.05) is 32.6 Å². The lowest BCUT2D eigenvalue weighted by atomic mass is 10.2. The fourth-order valence-corrected chi connectivity index (χ4v) is 1.29. The Balaban J connectivity index is 2.50. The molecule has 0 aliphatic carbocycles. The molecule has 0 spiro atoms. The molecule has 1 rings (SSSR count). The normalized spacial score (nSPS) is 9.94. The Labute approximate surface area is 105 Å². The smallest absolute Gasteiger partial charge is 0.251 e. The molecule has 0 heterocycles. The molecule has 0 saturated carbocycles. The molecule has 5 nitrogen and oxygen atoms in total. The summed E-state index contributed by atoms with van der Waals surface area (Å²) < 4.78 is 12.9. The van der Waals surface area contributed by atoms with Gasteiger partial charge in [0.2, 0.25) is 5.91 Å². The third-order valence-corrected chi connectivity index (χ3v) is 2.38. The molecular weight excluding hydrogens is 237 g/mol. The third kappa shape index (κ3) is 3.73. The molecule has 0 saturated heterocycles. The van der Waals surface area contributed by atoms with Gasteiger partial charge in [-0.3, -0.25) is 9.59 Å². The SMILES string of the molecule is CN(C)C(=O)CCNC(=O)c1ccc(F)c(N)c1. The van der Waals surface area contributed by atoms with Crippen LogP contribution in [0, 0.1) is 5.82 Å². The summed E-state index contributed by atoms with van der Waals surface area (Å²) >= 11 is 0. The zero-order valence-electron chi connectivity index (χ0n) is 10.4. The Morgan fingerprint density at radius 2 is 2.06 bits per heavy atom. The minimum absolute atomic E-state index is 0.0751. The van der Waals surface area contributed by atoms with E-state index in [0.29, 0.717) is 0 Å². The molecule has 0 fully saturated rings. The van der Waals surface area contributed by atoms with Gasteiger partial charge < -0.3 is 16.0 Å². The van der Waals surface area contributed by atoms with Gasteiger partial charge in [-0.1, -0.05) is 0 Å². The van der Waals surface area contributed by atoms with Crippen LogP contribution in [0.1, 0.15) is 16.8 Å². The van der Waals surface area contributed by atoms with Gasteiger partial charge in [-0.2, -0.15) is 0 Å². The van der Waals surface area contributed by atoms with Crippen LogP contribution >= 0.6 is 0 Å². The van der Waals surface area contributed by atoms with Gasteiger partial charge in [-0.05, 0) is 18.2 Å². The average molecular weight is 253 g/mol. The second-order valence-electron chi connectivity index (χ2n) is 4.03. The first kappa shape index (κ1) is 14.0. The first-order valence-electron chi connectivity index (χ1n) is 5.45. The minimum atomic E-state index is -0.561. The highest BCUT2D eigenvalue weighted by Gasteiger charge is 2.09. The molecule has 2 amide bonds. The summed E-state index contributed by atoms with van der Waals surface area (Å²) in [6.07, 6.45) is 0.218. The summed E-state index contributed by atoms with van der Waals surface area (Å²) in [4.78, 5) is 24.4. The molecular formula is C12H16FN3O2. The van der Waals surface area contributed by atoms with Crippen molar-refractivity contribution in [1.82, 2.24) is 10.2 Å². The van der Waals surface area contributed by atoms with Gasteiger partial charge in [-0.15, -0.1) is 0 Å². The maximum Gasteiger partial charge on any atom is 0.251 e. The second-order valence-corrected chi connectivity index (χ2v) is 4.03. The van der Waals surface area contributed by atoms with E-state index in [1.807, 2.05) is 0 Å². The highest BCUT2D eigenvalue weighted by Crippen LogP contribution is 2.11. The number of nitrogens with zero attached hydrogens (tertiary/aromatic N) is 1. The van der Waals surface area contributed by atoms with Crippen molar-refractivity contribution in [2.75, 3.05) is 26.4 Å². The first-order chi connectivity index (χ1) is 8.41. The number of hydrogen-bond acceptors (Lipinski definition) is 3. The monoisotopic (exact) mass is 253 g/mol. The Morgan fingerprint density at radius 1 is 1.39 bits per heavy atom. The number of rotatable bonds is 4. The molecule has 0 aromatic heterocycles. The number of halogens is 1. The maximum atomic E-state index is 12.9. The van der Waals surface area contributed by atoms with E-state index in [9.17, 15) is 14.0 Å². The lowest BCUT2D eigenvalue weighted by molar-refractivity contribution is -0.128. The van der Waals surface area contributed by atoms with Crippen molar-refractivity contribution < 1.29 is 14.0 Å². The Hall–Kier alpha value is -2.11. The molecule has 0 atom stereocenters. The predicted molar refractivity (Wildman–Crippen MR) is 66.5 cm³/mol. The van der Waals surface area contributed by atoms with Crippen LogP contribution in [0.5, 0.6) is 0 Å². The van der Waals surface area contributed by atoms with E-state index in [0.717, 1.165) is 6.07 Å². The van der Waals surface area contributed by atoms with Crippen molar-refractivity contribution in [1.29, 1.82) is 0 Å². The zero-order valence-corrected chi connectivity index (χ0v) is 10.4. The van der Waals surface area contributed by atoms with Crippen LogP contribution in [-0.4, -0.2) is 37.4 Å². The van der Waals surface area contributed by atoms with Crippen molar-refractivity contribution in [3.8, 4) is 0 Å². The number of anilines is 1. The van der Waals surface area contributed by atoms with Gasteiger partial charge in [0.05, 0.1) is 5.69 Å². The lowest BCUT2D eigenvalue weighted by Gasteiger charge is -2.10. The molecule has 0 unspecified atom stereocenters. The highest BCUT2D eigenvalue weighted by molar-refractivity contribution is 5.95. The molecule has 0 aliphatic heterocycles. The van der Waals surface area contributed by atoms with Crippen molar-refractivity contribution in [3.05, 3.63) is 29.6 Å². The zero-order chi connectivity index (χ0) is 13.7. The number of carbonyl (C=O) groups excluding carboxylic acids is 2. The number of nitrogen functional groups attached to an aromatic ring is 1. The topological polar surface area (TPSA) is 75.4 Å². The number of benzene rings is 1. The van der Waals surface area contributed by atoms with Crippen molar-refractivity contribution >= 4 is 17.5 Å². The predicted octanol–water partition coefficient (Wildman–Crippen LogP) is 0.616. The number of amides is 2. The summed E-state index contributed by atoms with van der Waals surface area (Å²) in [7, 11) is 3.29. The van der Waals surface area contributed by atoms with Crippen molar-refractivity contribution in [2.24, 2.45) is 0 Å². The Kier molecular flexibility index (Phi) is 4.65. The standard InChI is InChI=1S/C12H16FN3O2/c1-16(2)11(17)5-6-15-12(18)8-3-4-9(13)10(14)7-8/h3-4,7H,5-6,14H2,1-2H3,(H,15,18).